The van der Waals surface area contributed by atoms with Gasteiger partial charge in [0.25, 0.3) is 0 Å². The molecule has 2 N–H and O–H groups in total. The van der Waals surface area contributed by atoms with Gasteiger partial charge in [0, 0.05) is 43.7 Å². The second-order valence-corrected chi connectivity index (χ2v) is 7.47. The second kappa shape index (κ2) is 13.1. The van der Waals surface area contributed by atoms with E-state index in [0.29, 0.717) is 13.2 Å². The highest BCUT2D eigenvalue weighted by atomic mass is 32.1. The average molecular weight is 405 g/mol. The van der Waals surface area contributed by atoms with Crippen molar-refractivity contribution in [3.63, 3.8) is 0 Å². The van der Waals surface area contributed by atoms with E-state index >= 15 is 0 Å². The van der Waals surface area contributed by atoms with Crippen LogP contribution in [0, 0.1) is 0 Å². The van der Waals surface area contributed by atoms with Crippen molar-refractivity contribution in [3.8, 4) is 5.75 Å². The van der Waals surface area contributed by atoms with E-state index in [1.165, 1.54) is 9.88 Å². The van der Waals surface area contributed by atoms with E-state index < -0.39 is 0 Å². The van der Waals surface area contributed by atoms with Crippen LogP contribution < -0.4 is 15.4 Å². The van der Waals surface area contributed by atoms with Crippen molar-refractivity contribution in [3.05, 3.63) is 45.9 Å². The van der Waals surface area contributed by atoms with Crippen molar-refractivity contribution in [1.29, 1.82) is 0 Å². The maximum absolute atomic E-state index is 5.73. The van der Waals surface area contributed by atoms with Crippen LogP contribution >= 0.6 is 11.3 Å². The summed E-state index contributed by atoms with van der Waals surface area (Å²) in [4.78, 5) is 10.4. The Bertz CT molecular complexity index is 701. The summed E-state index contributed by atoms with van der Waals surface area (Å²) in [5.74, 6) is 1.71. The van der Waals surface area contributed by atoms with E-state index in [0.717, 1.165) is 56.2 Å². The summed E-state index contributed by atoms with van der Waals surface area (Å²) in [6, 6.07) is 7.95. The van der Waals surface area contributed by atoms with Crippen molar-refractivity contribution in [2.24, 2.45) is 4.99 Å². The number of rotatable bonds is 12. The molecule has 0 aliphatic carbocycles. The predicted octanol–water partition coefficient (Wildman–Crippen LogP) is 3.42. The molecule has 0 aliphatic rings. The summed E-state index contributed by atoms with van der Waals surface area (Å²) in [5, 5.41) is 7.83. The number of hydrogen-bond donors (Lipinski definition) is 2. The molecule has 0 bridgehead atoms. The lowest BCUT2D eigenvalue weighted by Crippen LogP contribution is -2.38. The van der Waals surface area contributed by atoms with Gasteiger partial charge in [-0.2, -0.15) is 0 Å². The van der Waals surface area contributed by atoms with Gasteiger partial charge in [-0.25, -0.2) is 4.98 Å². The first-order valence-electron chi connectivity index (χ1n) is 9.91. The molecule has 0 fully saturated rings. The van der Waals surface area contributed by atoms with Gasteiger partial charge in [0.1, 0.15) is 5.75 Å². The summed E-state index contributed by atoms with van der Waals surface area (Å²) in [6.45, 7) is 7.94. The van der Waals surface area contributed by atoms with Crippen molar-refractivity contribution in [2.75, 3.05) is 33.4 Å². The number of benzene rings is 1. The molecule has 2 aromatic rings. The zero-order chi connectivity index (χ0) is 20.0. The van der Waals surface area contributed by atoms with Crippen LogP contribution in [0.2, 0.25) is 0 Å². The first-order chi connectivity index (χ1) is 13.7. The number of nitrogens with one attached hydrogen (secondary N) is 2. The smallest absolute Gasteiger partial charge is 0.191 e. The minimum atomic E-state index is 0.611. The Kier molecular flexibility index (Phi) is 10.4. The van der Waals surface area contributed by atoms with Crippen LogP contribution in [0.5, 0.6) is 5.75 Å². The SMILES string of the molecule is CCNC(=NCCCOCc1ccc(OC)cc1)NCCc1ncc(CC)s1. The molecule has 0 aliphatic heterocycles. The fraction of sp³-hybridized carbons (Fsp3) is 0.524. The molecule has 1 heterocycles. The van der Waals surface area contributed by atoms with Gasteiger partial charge >= 0.3 is 0 Å². The Labute approximate surface area is 172 Å². The van der Waals surface area contributed by atoms with Gasteiger partial charge in [-0.05, 0) is 37.5 Å². The van der Waals surface area contributed by atoms with E-state index in [2.05, 4.69) is 34.5 Å². The minimum absolute atomic E-state index is 0.611. The third-order valence-corrected chi connectivity index (χ3v) is 5.27. The third kappa shape index (κ3) is 8.27. The molecule has 0 spiro atoms. The number of guanidine groups is 1. The molecule has 1 aromatic heterocycles. The van der Waals surface area contributed by atoms with Crippen LogP contribution in [0.25, 0.3) is 0 Å². The van der Waals surface area contributed by atoms with Gasteiger partial charge in [-0.3, -0.25) is 4.99 Å². The maximum Gasteiger partial charge on any atom is 0.191 e. The molecular weight excluding hydrogens is 372 g/mol. The number of thiazole rings is 1. The molecule has 0 saturated heterocycles. The number of methoxy groups -OCH3 is 1. The molecular formula is C21H32N4O2S. The molecule has 0 amide bonds. The molecule has 0 radical (unpaired) electrons. The van der Waals surface area contributed by atoms with Crippen LogP contribution in [-0.4, -0.2) is 44.3 Å². The first-order valence-corrected chi connectivity index (χ1v) is 10.7. The Hall–Kier alpha value is -2.12. The van der Waals surface area contributed by atoms with E-state index in [1.807, 2.05) is 30.5 Å². The number of aromatic nitrogens is 1. The minimum Gasteiger partial charge on any atom is -0.497 e. The lowest BCUT2D eigenvalue weighted by Gasteiger charge is -2.10. The number of hydrogen-bond acceptors (Lipinski definition) is 5. The van der Waals surface area contributed by atoms with Crippen LogP contribution in [-0.2, 0) is 24.2 Å². The van der Waals surface area contributed by atoms with Crippen molar-refractivity contribution in [2.45, 2.75) is 39.7 Å². The number of aliphatic imine (C=N–C) groups is 1. The fourth-order valence-corrected chi connectivity index (χ4v) is 3.39. The maximum atomic E-state index is 5.73. The van der Waals surface area contributed by atoms with Crippen LogP contribution in [0.15, 0.2) is 35.5 Å². The van der Waals surface area contributed by atoms with Gasteiger partial charge < -0.3 is 20.1 Å². The highest BCUT2D eigenvalue weighted by Gasteiger charge is 2.02. The summed E-state index contributed by atoms with van der Waals surface area (Å²) in [7, 11) is 1.67. The van der Waals surface area contributed by atoms with Crippen molar-refractivity contribution < 1.29 is 9.47 Å². The van der Waals surface area contributed by atoms with Crippen LogP contribution in [0.4, 0.5) is 0 Å². The Morgan fingerprint density at radius 2 is 2.00 bits per heavy atom. The molecule has 2 rings (SSSR count). The number of ether oxygens (including phenoxy) is 2. The highest BCUT2D eigenvalue weighted by Crippen LogP contribution is 2.13. The van der Waals surface area contributed by atoms with Gasteiger partial charge in [-0.15, -0.1) is 11.3 Å². The molecule has 0 saturated carbocycles. The van der Waals surface area contributed by atoms with Gasteiger partial charge in [0.2, 0.25) is 0 Å². The normalized spacial score (nSPS) is 11.5. The number of nitrogens with zero attached hydrogens (tertiary/aromatic N) is 2. The van der Waals surface area contributed by atoms with Crippen molar-refractivity contribution in [1.82, 2.24) is 15.6 Å². The monoisotopic (exact) mass is 404 g/mol. The predicted molar refractivity (Wildman–Crippen MR) is 116 cm³/mol. The Morgan fingerprint density at radius 3 is 2.68 bits per heavy atom. The number of aryl methyl sites for hydroxylation is 1. The Balaban J connectivity index is 1.62. The fourth-order valence-electron chi connectivity index (χ4n) is 2.53. The lowest BCUT2D eigenvalue weighted by molar-refractivity contribution is 0.120. The van der Waals surface area contributed by atoms with E-state index in [-0.39, 0.29) is 0 Å². The third-order valence-electron chi connectivity index (χ3n) is 4.07. The average Bonchev–Trinajstić information content (AvgIpc) is 3.19. The van der Waals surface area contributed by atoms with Gasteiger partial charge in [0.15, 0.2) is 5.96 Å². The molecule has 0 unspecified atom stereocenters. The van der Waals surface area contributed by atoms with Crippen LogP contribution in [0.3, 0.4) is 0 Å². The molecule has 154 valence electrons. The standard InChI is InChI=1S/C21H32N4O2S/c1-4-19-15-25-20(28-19)11-13-24-21(22-5-2)23-12-6-14-27-16-17-7-9-18(26-3)10-8-17/h7-10,15H,4-6,11-14,16H2,1-3H3,(H2,22,23,24). The lowest BCUT2D eigenvalue weighted by atomic mass is 10.2. The first kappa shape index (κ1) is 22.2. The topological polar surface area (TPSA) is 67.8 Å². The molecule has 0 atom stereocenters. The van der Waals surface area contributed by atoms with E-state index in [1.54, 1.807) is 18.4 Å². The quantitative estimate of drug-likeness (QED) is 0.322. The summed E-state index contributed by atoms with van der Waals surface area (Å²) in [6.07, 6.45) is 4.83. The zero-order valence-electron chi connectivity index (χ0n) is 17.2. The summed E-state index contributed by atoms with van der Waals surface area (Å²) in [5.41, 5.74) is 1.15. The molecule has 7 heteroatoms. The van der Waals surface area contributed by atoms with Gasteiger partial charge in [0.05, 0.1) is 18.7 Å². The Morgan fingerprint density at radius 1 is 1.18 bits per heavy atom. The second-order valence-electron chi connectivity index (χ2n) is 6.27. The molecule has 28 heavy (non-hydrogen) atoms. The zero-order valence-corrected chi connectivity index (χ0v) is 18.0. The largest absolute Gasteiger partial charge is 0.497 e. The highest BCUT2D eigenvalue weighted by molar-refractivity contribution is 7.11. The van der Waals surface area contributed by atoms with E-state index in [9.17, 15) is 0 Å². The van der Waals surface area contributed by atoms with Gasteiger partial charge in [-0.1, -0.05) is 19.1 Å². The van der Waals surface area contributed by atoms with Crippen LogP contribution in [0.1, 0.15) is 35.7 Å². The molecule has 1 aromatic carbocycles. The van der Waals surface area contributed by atoms with Crippen molar-refractivity contribution >= 4 is 17.3 Å². The van der Waals surface area contributed by atoms with E-state index in [4.69, 9.17) is 9.47 Å². The molecule has 6 nitrogen and oxygen atoms in total. The summed E-state index contributed by atoms with van der Waals surface area (Å²) >= 11 is 1.79. The summed E-state index contributed by atoms with van der Waals surface area (Å²) < 4.78 is 10.9.